The Balaban J connectivity index is 2.13. The molecule has 0 aromatic heterocycles. The summed E-state index contributed by atoms with van der Waals surface area (Å²) in [6, 6.07) is 6.91. The zero-order chi connectivity index (χ0) is 14.0. The van der Waals surface area contributed by atoms with Gasteiger partial charge in [-0.05, 0) is 47.9 Å². The highest BCUT2D eigenvalue weighted by atomic mass is 35.5. The normalized spacial score (nSPS) is 20.4. The lowest BCUT2D eigenvalue weighted by Gasteiger charge is -2.34. The van der Waals surface area contributed by atoms with Crippen molar-refractivity contribution in [3.8, 4) is 0 Å². The minimum atomic E-state index is 0.151. The Bertz CT molecular complexity index is 439. The Labute approximate surface area is 121 Å². The number of aryl methyl sites for hydroxylation is 1. The van der Waals surface area contributed by atoms with E-state index >= 15 is 0 Å². The Kier molecular flexibility index (Phi) is 4.54. The zero-order valence-electron chi connectivity index (χ0n) is 12.0. The van der Waals surface area contributed by atoms with Crippen LogP contribution in [0.1, 0.15) is 50.8 Å². The van der Waals surface area contributed by atoms with Crippen molar-refractivity contribution < 1.29 is 5.11 Å². The molecule has 0 saturated carbocycles. The molecule has 2 nitrogen and oxygen atoms in total. The fraction of sp³-hybridized carbons (Fsp3) is 0.625. The first kappa shape index (κ1) is 14.8. The van der Waals surface area contributed by atoms with Crippen molar-refractivity contribution in [3.05, 3.63) is 34.3 Å². The number of hydrogen-bond donors (Lipinski definition) is 2. The van der Waals surface area contributed by atoms with Crippen LogP contribution in [0.15, 0.2) is 18.2 Å². The fourth-order valence-corrected chi connectivity index (χ4v) is 3.09. The molecule has 2 unspecified atom stereocenters. The number of fused-ring (bicyclic) bond motifs is 1. The molecular formula is C16H24ClNO. The van der Waals surface area contributed by atoms with E-state index in [4.69, 9.17) is 11.6 Å². The van der Waals surface area contributed by atoms with Gasteiger partial charge in [0.2, 0.25) is 0 Å². The van der Waals surface area contributed by atoms with Gasteiger partial charge in [0, 0.05) is 23.7 Å². The van der Waals surface area contributed by atoms with Gasteiger partial charge >= 0.3 is 0 Å². The first-order valence-electron chi connectivity index (χ1n) is 7.07. The maximum absolute atomic E-state index is 9.25. The number of halogens is 1. The van der Waals surface area contributed by atoms with Gasteiger partial charge in [-0.3, -0.25) is 0 Å². The van der Waals surface area contributed by atoms with Crippen LogP contribution in [0.3, 0.4) is 0 Å². The van der Waals surface area contributed by atoms with E-state index < -0.39 is 0 Å². The average Bonchev–Trinajstić information content (AvgIpc) is 2.70. The molecule has 0 heterocycles. The molecule has 0 radical (unpaired) electrons. The average molecular weight is 282 g/mol. The van der Waals surface area contributed by atoms with Gasteiger partial charge < -0.3 is 10.4 Å². The van der Waals surface area contributed by atoms with E-state index in [1.165, 1.54) is 11.1 Å². The third kappa shape index (κ3) is 3.50. The molecule has 3 heteroatoms. The number of aliphatic hydroxyl groups is 1. The van der Waals surface area contributed by atoms with Crippen molar-refractivity contribution in [1.29, 1.82) is 0 Å². The van der Waals surface area contributed by atoms with Crippen LogP contribution in [0.2, 0.25) is 5.02 Å². The van der Waals surface area contributed by atoms with Gasteiger partial charge in [0.1, 0.15) is 0 Å². The van der Waals surface area contributed by atoms with Crippen LogP contribution in [0.25, 0.3) is 0 Å². The van der Waals surface area contributed by atoms with Gasteiger partial charge in [-0.15, -0.1) is 0 Å². The van der Waals surface area contributed by atoms with E-state index in [0.717, 1.165) is 24.3 Å². The van der Waals surface area contributed by atoms with E-state index in [1.807, 2.05) is 6.07 Å². The van der Waals surface area contributed by atoms with Gasteiger partial charge in [-0.25, -0.2) is 0 Å². The maximum Gasteiger partial charge on any atom is 0.0446 e. The van der Waals surface area contributed by atoms with E-state index in [-0.39, 0.29) is 12.0 Å². The molecule has 1 aromatic carbocycles. The summed E-state index contributed by atoms with van der Waals surface area (Å²) >= 11 is 6.05. The van der Waals surface area contributed by atoms with Crippen molar-refractivity contribution in [3.63, 3.8) is 0 Å². The van der Waals surface area contributed by atoms with Crippen LogP contribution in [0.4, 0.5) is 0 Å². The largest absolute Gasteiger partial charge is 0.396 e. The van der Waals surface area contributed by atoms with Gasteiger partial charge in [0.25, 0.3) is 0 Å². The smallest absolute Gasteiger partial charge is 0.0446 e. The molecule has 0 amide bonds. The predicted molar refractivity (Wildman–Crippen MR) is 80.6 cm³/mol. The van der Waals surface area contributed by atoms with Gasteiger partial charge in [-0.1, -0.05) is 38.4 Å². The summed E-state index contributed by atoms with van der Waals surface area (Å²) in [6.45, 7) is 6.89. The van der Waals surface area contributed by atoms with Gasteiger partial charge in [0.15, 0.2) is 0 Å². The summed E-state index contributed by atoms with van der Waals surface area (Å²) in [4.78, 5) is 0. The topological polar surface area (TPSA) is 32.3 Å². The molecule has 2 atom stereocenters. The van der Waals surface area contributed by atoms with Crippen molar-refractivity contribution in [2.75, 3.05) is 6.61 Å². The third-order valence-electron chi connectivity index (χ3n) is 4.05. The highest BCUT2D eigenvalue weighted by molar-refractivity contribution is 6.30. The number of benzene rings is 1. The summed E-state index contributed by atoms with van der Waals surface area (Å²) in [7, 11) is 0. The molecule has 1 aliphatic carbocycles. The van der Waals surface area contributed by atoms with Crippen molar-refractivity contribution in [2.24, 2.45) is 5.41 Å². The highest BCUT2D eigenvalue weighted by Crippen LogP contribution is 2.35. The highest BCUT2D eigenvalue weighted by Gasteiger charge is 2.30. The zero-order valence-corrected chi connectivity index (χ0v) is 12.8. The molecular weight excluding hydrogens is 258 g/mol. The van der Waals surface area contributed by atoms with Gasteiger partial charge in [0.05, 0.1) is 0 Å². The molecule has 19 heavy (non-hydrogen) atoms. The molecule has 106 valence electrons. The first-order valence-corrected chi connectivity index (χ1v) is 7.45. The standard InChI is InChI=1S/C16H24ClNO/c1-16(2,3)15(8-9-19)18-14-7-4-11-10-12(17)5-6-13(11)14/h5-6,10,14-15,18-19H,4,7-9H2,1-3H3. The molecule has 0 aliphatic heterocycles. The predicted octanol–water partition coefficient (Wildman–Crippen LogP) is 3.71. The Hall–Kier alpha value is -0.570. The van der Waals surface area contributed by atoms with E-state index in [0.29, 0.717) is 12.1 Å². The van der Waals surface area contributed by atoms with Crippen molar-refractivity contribution >= 4 is 11.6 Å². The molecule has 1 aromatic rings. The molecule has 0 bridgehead atoms. The lowest BCUT2D eigenvalue weighted by Crippen LogP contribution is -2.42. The second kappa shape index (κ2) is 5.82. The lowest BCUT2D eigenvalue weighted by atomic mass is 9.84. The number of hydrogen-bond acceptors (Lipinski definition) is 2. The van der Waals surface area contributed by atoms with Crippen LogP contribution in [-0.2, 0) is 6.42 Å². The lowest BCUT2D eigenvalue weighted by molar-refractivity contribution is 0.185. The van der Waals surface area contributed by atoms with E-state index in [1.54, 1.807) is 0 Å². The quantitative estimate of drug-likeness (QED) is 0.882. The minimum Gasteiger partial charge on any atom is -0.396 e. The van der Waals surface area contributed by atoms with Crippen LogP contribution in [0.5, 0.6) is 0 Å². The minimum absolute atomic E-state index is 0.151. The second-order valence-corrected chi connectivity index (χ2v) is 6.97. The summed E-state index contributed by atoms with van der Waals surface area (Å²) in [5, 5.41) is 13.8. The molecule has 2 N–H and O–H groups in total. The summed E-state index contributed by atoms with van der Waals surface area (Å²) in [5.41, 5.74) is 2.89. The Morgan fingerprint density at radius 2 is 2.16 bits per heavy atom. The molecule has 2 rings (SSSR count). The number of aliphatic hydroxyl groups excluding tert-OH is 1. The van der Waals surface area contributed by atoms with Gasteiger partial charge in [-0.2, -0.15) is 0 Å². The summed E-state index contributed by atoms with van der Waals surface area (Å²) in [5.74, 6) is 0. The number of rotatable bonds is 4. The van der Waals surface area contributed by atoms with Crippen LogP contribution >= 0.6 is 11.6 Å². The molecule has 0 spiro atoms. The van der Waals surface area contributed by atoms with Crippen molar-refractivity contribution in [2.45, 2.75) is 52.1 Å². The molecule has 1 aliphatic rings. The SMILES string of the molecule is CC(C)(C)C(CCO)NC1CCc2cc(Cl)ccc21. The number of nitrogens with one attached hydrogen (secondary N) is 1. The summed E-state index contributed by atoms with van der Waals surface area (Å²) < 4.78 is 0. The molecule has 0 saturated heterocycles. The monoisotopic (exact) mass is 281 g/mol. The van der Waals surface area contributed by atoms with Crippen LogP contribution in [-0.4, -0.2) is 17.8 Å². The Morgan fingerprint density at radius 3 is 2.79 bits per heavy atom. The van der Waals surface area contributed by atoms with E-state index in [9.17, 15) is 5.11 Å². The molecule has 0 fully saturated rings. The Morgan fingerprint density at radius 1 is 1.42 bits per heavy atom. The van der Waals surface area contributed by atoms with E-state index in [2.05, 4.69) is 38.2 Å². The second-order valence-electron chi connectivity index (χ2n) is 6.53. The third-order valence-corrected chi connectivity index (χ3v) is 4.28. The van der Waals surface area contributed by atoms with Crippen LogP contribution in [0, 0.1) is 5.41 Å². The summed E-state index contributed by atoms with van der Waals surface area (Å²) in [6.07, 6.45) is 3.00. The maximum atomic E-state index is 9.25. The van der Waals surface area contributed by atoms with Crippen LogP contribution < -0.4 is 5.32 Å². The van der Waals surface area contributed by atoms with Crippen molar-refractivity contribution in [1.82, 2.24) is 5.32 Å². The first-order chi connectivity index (χ1) is 8.91. The fourth-order valence-electron chi connectivity index (χ4n) is 2.90.